The number of anilines is 1. The number of amides is 2. The summed E-state index contributed by atoms with van der Waals surface area (Å²) in [4.78, 5) is 30.0. The zero-order valence-electron chi connectivity index (χ0n) is 14.4. The molecule has 6 nitrogen and oxygen atoms in total. The highest BCUT2D eigenvalue weighted by molar-refractivity contribution is 6.03. The Bertz CT molecular complexity index is 811. The number of carbonyl (C=O) groups is 2. The first-order chi connectivity index (χ1) is 12.8. The summed E-state index contributed by atoms with van der Waals surface area (Å²) in [6, 6.07) is 2.86. The molecule has 1 aliphatic rings. The van der Waals surface area contributed by atoms with Crippen LogP contribution in [0.15, 0.2) is 35.3 Å². The number of hydrogen-bond acceptors (Lipinski definition) is 4. The molecule has 0 saturated carbocycles. The lowest BCUT2D eigenvalue weighted by Gasteiger charge is -2.21. The third kappa shape index (κ3) is 4.66. The fraction of sp³-hybridized carbons (Fsp3) is 0.389. The third-order valence-electron chi connectivity index (χ3n) is 4.32. The van der Waals surface area contributed by atoms with Crippen molar-refractivity contribution in [1.29, 1.82) is 0 Å². The topological polar surface area (TPSA) is 75.4 Å². The largest absolute Gasteiger partial charge is 0.451 e. The van der Waals surface area contributed by atoms with Crippen molar-refractivity contribution in [2.75, 3.05) is 18.4 Å². The van der Waals surface area contributed by atoms with Crippen LogP contribution < -0.4 is 5.32 Å². The van der Waals surface area contributed by atoms with Gasteiger partial charge in [0.15, 0.2) is 12.1 Å². The lowest BCUT2D eigenvalue weighted by atomic mass is 10.1. The van der Waals surface area contributed by atoms with Gasteiger partial charge in [0.1, 0.15) is 6.26 Å². The van der Waals surface area contributed by atoms with E-state index < -0.39 is 23.6 Å². The molecule has 2 aromatic rings. The van der Waals surface area contributed by atoms with E-state index in [0.29, 0.717) is 13.1 Å². The molecule has 0 radical (unpaired) electrons. The standard InChI is InChI=1S/C18H18F3N3O3/c19-18(20,21)13-7-12(17(26)24-5-3-1-2-4-6-24)8-14(9-13)23-16(25)15-10-27-11-22-15/h7-11H,1-6H2,(H,23,25). The van der Waals surface area contributed by atoms with Crippen molar-refractivity contribution >= 4 is 17.5 Å². The van der Waals surface area contributed by atoms with Gasteiger partial charge in [-0.25, -0.2) is 4.98 Å². The smallest absolute Gasteiger partial charge is 0.416 e. The molecule has 9 heteroatoms. The van der Waals surface area contributed by atoms with Gasteiger partial charge in [-0.1, -0.05) is 12.8 Å². The molecule has 2 heterocycles. The van der Waals surface area contributed by atoms with Crippen LogP contribution in [0.1, 0.15) is 52.1 Å². The molecule has 1 aromatic carbocycles. The van der Waals surface area contributed by atoms with Crippen molar-refractivity contribution in [1.82, 2.24) is 9.88 Å². The van der Waals surface area contributed by atoms with Crippen LogP contribution in [0, 0.1) is 0 Å². The first-order valence-corrected chi connectivity index (χ1v) is 8.56. The number of carbonyl (C=O) groups excluding carboxylic acids is 2. The predicted molar refractivity (Wildman–Crippen MR) is 90.3 cm³/mol. The van der Waals surface area contributed by atoms with Crippen LogP contribution in [0.3, 0.4) is 0 Å². The number of rotatable bonds is 3. The molecule has 1 N–H and O–H groups in total. The Morgan fingerprint density at radius 1 is 1.07 bits per heavy atom. The molecule has 1 fully saturated rings. The lowest BCUT2D eigenvalue weighted by molar-refractivity contribution is -0.137. The number of oxazole rings is 1. The van der Waals surface area contributed by atoms with E-state index in [2.05, 4.69) is 10.3 Å². The Balaban J connectivity index is 1.90. The summed E-state index contributed by atoms with van der Waals surface area (Å²) in [5, 5.41) is 2.34. The Kier molecular flexibility index (Phi) is 5.48. The minimum atomic E-state index is -4.65. The number of halogens is 3. The second-order valence-electron chi connectivity index (χ2n) is 6.33. The lowest BCUT2D eigenvalue weighted by Crippen LogP contribution is -2.32. The van der Waals surface area contributed by atoms with E-state index in [0.717, 1.165) is 50.5 Å². The highest BCUT2D eigenvalue weighted by Crippen LogP contribution is 2.32. The van der Waals surface area contributed by atoms with Crippen molar-refractivity contribution in [3.8, 4) is 0 Å². The molecule has 2 amide bonds. The molecule has 0 atom stereocenters. The number of nitrogens with zero attached hydrogens (tertiary/aromatic N) is 2. The number of likely N-dealkylation sites (tertiary alicyclic amines) is 1. The quantitative estimate of drug-likeness (QED) is 0.873. The molecular weight excluding hydrogens is 363 g/mol. The van der Waals surface area contributed by atoms with Crippen molar-refractivity contribution < 1.29 is 27.2 Å². The molecule has 3 rings (SSSR count). The van der Waals surface area contributed by atoms with E-state index in [1.165, 1.54) is 6.07 Å². The summed E-state index contributed by atoms with van der Waals surface area (Å²) in [7, 11) is 0. The van der Waals surface area contributed by atoms with Crippen LogP contribution >= 0.6 is 0 Å². The number of hydrogen-bond donors (Lipinski definition) is 1. The van der Waals surface area contributed by atoms with Crippen molar-refractivity contribution in [3.05, 3.63) is 47.7 Å². The Hall–Kier alpha value is -2.84. The van der Waals surface area contributed by atoms with Gasteiger partial charge < -0.3 is 14.6 Å². The number of aromatic nitrogens is 1. The van der Waals surface area contributed by atoms with Crippen molar-refractivity contribution in [3.63, 3.8) is 0 Å². The molecule has 0 spiro atoms. The summed E-state index contributed by atoms with van der Waals surface area (Å²) >= 11 is 0. The number of benzene rings is 1. The number of nitrogens with one attached hydrogen (secondary N) is 1. The molecule has 0 unspecified atom stereocenters. The first-order valence-electron chi connectivity index (χ1n) is 8.56. The van der Waals surface area contributed by atoms with Gasteiger partial charge in [-0.15, -0.1) is 0 Å². The predicted octanol–water partition coefficient (Wildman–Crippen LogP) is 3.96. The zero-order valence-corrected chi connectivity index (χ0v) is 14.4. The highest BCUT2D eigenvalue weighted by atomic mass is 19.4. The van der Waals surface area contributed by atoms with Crippen LogP contribution in [-0.2, 0) is 6.18 Å². The van der Waals surface area contributed by atoms with Gasteiger partial charge in [0, 0.05) is 24.3 Å². The van der Waals surface area contributed by atoms with Gasteiger partial charge in [-0.05, 0) is 31.0 Å². The maximum absolute atomic E-state index is 13.3. The van der Waals surface area contributed by atoms with E-state index >= 15 is 0 Å². The summed E-state index contributed by atoms with van der Waals surface area (Å²) in [5.41, 5.74) is -1.32. The van der Waals surface area contributed by atoms with Gasteiger partial charge in [0.05, 0.1) is 5.56 Å². The summed E-state index contributed by atoms with van der Waals surface area (Å²) in [6.45, 7) is 1.02. The second-order valence-corrected chi connectivity index (χ2v) is 6.33. The van der Waals surface area contributed by atoms with E-state index in [4.69, 9.17) is 4.42 Å². The summed E-state index contributed by atoms with van der Waals surface area (Å²) in [5.74, 6) is -1.20. The zero-order chi connectivity index (χ0) is 19.4. The average Bonchev–Trinajstić information content (AvgIpc) is 3.03. The summed E-state index contributed by atoms with van der Waals surface area (Å²) < 4.78 is 44.5. The fourth-order valence-electron chi connectivity index (χ4n) is 2.96. The van der Waals surface area contributed by atoms with Gasteiger partial charge in [0.25, 0.3) is 11.8 Å². The van der Waals surface area contributed by atoms with E-state index in [-0.39, 0.29) is 16.9 Å². The maximum atomic E-state index is 13.3. The van der Waals surface area contributed by atoms with Gasteiger partial charge >= 0.3 is 6.18 Å². The SMILES string of the molecule is O=C(Nc1cc(C(=O)N2CCCCCC2)cc(C(F)(F)F)c1)c1cocn1. The van der Waals surface area contributed by atoms with Crippen LogP contribution in [0.2, 0.25) is 0 Å². The van der Waals surface area contributed by atoms with Crippen LogP contribution in [0.4, 0.5) is 18.9 Å². The van der Waals surface area contributed by atoms with E-state index in [1.807, 2.05) is 0 Å². The first kappa shape index (κ1) is 18.9. The second kappa shape index (κ2) is 7.81. The third-order valence-corrected chi connectivity index (χ3v) is 4.32. The monoisotopic (exact) mass is 381 g/mol. The van der Waals surface area contributed by atoms with Crippen molar-refractivity contribution in [2.45, 2.75) is 31.9 Å². The van der Waals surface area contributed by atoms with Gasteiger partial charge in [0.2, 0.25) is 0 Å². The minimum absolute atomic E-state index is 0.0761. The Labute approximate surface area is 153 Å². The molecule has 1 saturated heterocycles. The van der Waals surface area contributed by atoms with Crippen LogP contribution in [0.5, 0.6) is 0 Å². The van der Waals surface area contributed by atoms with Crippen LogP contribution in [0.25, 0.3) is 0 Å². The normalized spacial score (nSPS) is 15.3. The van der Waals surface area contributed by atoms with Gasteiger partial charge in [-0.2, -0.15) is 13.2 Å². The Morgan fingerprint density at radius 3 is 2.37 bits per heavy atom. The van der Waals surface area contributed by atoms with E-state index in [1.54, 1.807) is 4.90 Å². The minimum Gasteiger partial charge on any atom is -0.451 e. The Morgan fingerprint density at radius 2 is 1.78 bits per heavy atom. The molecule has 144 valence electrons. The molecule has 0 aliphatic carbocycles. The average molecular weight is 381 g/mol. The highest BCUT2D eigenvalue weighted by Gasteiger charge is 2.32. The van der Waals surface area contributed by atoms with Crippen LogP contribution in [-0.4, -0.2) is 34.8 Å². The molecular formula is C18H18F3N3O3. The maximum Gasteiger partial charge on any atom is 0.416 e. The van der Waals surface area contributed by atoms with Crippen molar-refractivity contribution in [2.24, 2.45) is 0 Å². The van der Waals surface area contributed by atoms with Gasteiger partial charge in [-0.3, -0.25) is 9.59 Å². The molecule has 27 heavy (non-hydrogen) atoms. The number of alkyl halides is 3. The molecule has 1 aliphatic heterocycles. The van der Waals surface area contributed by atoms with E-state index in [9.17, 15) is 22.8 Å². The fourth-order valence-corrected chi connectivity index (χ4v) is 2.96. The molecule has 1 aromatic heterocycles. The summed E-state index contributed by atoms with van der Waals surface area (Å²) in [6.07, 6.45) is 1.09. The molecule has 0 bridgehead atoms.